The summed E-state index contributed by atoms with van der Waals surface area (Å²) in [7, 11) is 0. The van der Waals surface area contributed by atoms with Crippen LogP contribution in [0, 0.1) is 11.3 Å². The monoisotopic (exact) mass is 204 g/mol. The van der Waals surface area contributed by atoms with E-state index >= 15 is 0 Å². The van der Waals surface area contributed by atoms with E-state index in [0.29, 0.717) is 5.41 Å². The summed E-state index contributed by atoms with van der Waals surface area (Å²) in [5.74, 6) is 0.785. The molecule has 0 unspecified atom stereocenters. The maximum absolute atomic E-state index is 5.77. The van der Waals surface area contributed by atoms with Gasteiger partial charge < -0.3 is 9.47 Å². The number of hydrogen-bond acceptors (Lipinski definition) is 2. The first-order valence-electron chi connectivity index (χ1n) is 5.58. The molecule has 2 fully saturated rings. The van der Waals surface area contributed by atoms with Crippen molar-refractivity contribution in [2.45, 2.75) is 13.0 Å². The van der Waals surface area contributed by atoms with Crippen LogP contribution in [-0.2, 0) is 16.1 Å². The summed E-state index contributed by atoms with van der Waals surface area (Å²) in [6, 6.07) is 10.3. The van der Waals surface area contributed by atoms with Crippen LogP contribution in [0.25, 0.3) is 0 Å². The van der Waals surface area contributed by atoms with Gasteiger partial charge in [0.2, 0.25) is 0 Å². The molecule has 0 aromatic heterocycles. The summed E-state index contributed by atoms with van der Waals surface area (Å²) in [6.07, 6.45) is 1.31. The highest BCUT2D eigenvalue weighted by molar-refractivity contribution is 5.13. The molecule has 0 amide bonds. The Hall–Kier alpha value is -0.860. The van der Waals surface area contributed by atoms with Gasteiger partial charge in [-0.2, -0.15) is 0 Å². The Kier molecular flexibility index (Phi) is 2.26. The van der Waals surface area contributed by atoms with Crippen LogP contribution >= 0.6 is 0 Å². The molecule has 0 N–H and O–H groups in total. The summed E-state index contributed by atoms with van der Waals surface area (Å²) < 4.78 is 11.2. The maximum atomic E-state index is 5.77. The lowest BCUT2D eigenvalue weighted by Gasteiger charge is -2.11. The number of hydrogen-bond donors (Lipinski definition) is 0. The van der Waals surface area contributed by atoms with Crippen molar-refractivity contribution in [3.63, 3.8) is 0 Å². The molecule has 0 radical (unpaired) electrons. The molecule has 2 nitrogen and oxygen atoms in total. The molecular weight excluding hydrogens is 188 g/mol. The zero-order valence-electron chi connectivity index (χ0n) is 8.82. The van der Waals surface area contributed by atoms with Gasteiger partial charge in [-0.05, 0) is 17.9 Å². The van der Waals surface area contributed by atoms with Crippen LogP contribution in [0.5, 0.6) is 0 Å². The van der Waals surface area contributed by atoms with Gasteiger partial charge in [0.05, 0.1) is 26.4 Å². The van der Waals surface area contributed by atoms with E-state index in [1.54, 1.807) is 0 Å². The normalized spacial score (nSPS) is 32.7. The van der Waals surface area contributed by atoms with Crippen LogP contribution in [0.1, 0.15) is 12.0 Å². The van der Waals surface area contributed by atoms with E-state index in [1.165, 1.54) is 12.0 Å². The van der Waals surface area contributed by atoms with Crippen molar-refractivity contribution in [2.75, 3.05) is 19.8 Å². The van der Waals surface area contributed by atoms with Crippen LogP contribution in [0.4, 0.5) is 0 Å². The lowest BCUT2D eigenvalue weighted by Crippen LogP contribution is -2.14. The van der Waals surface area contributed by atoms with Gasteiger partial charge in [0, 0.05) is 5.41 Å². The molecule has 1 aliphatic heterocycles. The third-order valence-electron chi connectivity index (χ3n) is 3.57. The molecule has 2 atom stereocenters. The first kappa shape index (κ1) is 9.37. The molecule has 1 saturated heterocycles. The standard InChI is InChI=1S/C13H16O2/c1-2-4-11(5-3-1)7-14-9-13-6-12(13)8-15-10-13/h1-5,12H,6-10H2/t12-,13-/m1/s1. The van der Waals surface area contributed by atoms with Gasteiger partial charge >= 0.3 is 0 Å². The van der Waals surface area contributed by atoms with E-state index in [4.69, 9.17) is 9.47 Å². The molecule has 1 heterocycles. The SMILES string of the molecule is c1ccc(COC[C@]23COC[C@H]2C3)cc1. The van der Waals surface area contributed by atoms with Gasteiger partial charge in [0.1, 0.15) is 0 Å². The molecule has 1 aromatic rings. The van der Waals surface area contributed by atoms with Gasteiger partial charge in [0.15, 0.2) is 0 Å². The second kappa shape index (κ2) is 3.62. The van der Waals surface area contributed by atoms with E-state index < -0.39 is 0 Å². The minimum atomic E-state index is 0.398. The van der Waals surface area contributed by atoms with Gasteiger partial charge in [0.25, 0.3) is 0 Å². The Bertz CT molecular complexity index is 336. The second-order valence-corrected chi connectivity index (χ2v) is 4.76. The summed E-state index contributed by atoms with van der Waals surface area (Å²) in [5, 5.41) is 0. The number of ether oxygens (including phenoxy) is 2. The highest BCUT2D eigenvalue weighted by atomic mass is 16.5. The Balaban J connectivity index is 1.48. The summed E-state index contributed by atoms with van der Waals surface area (Å²) in [4.78, 5) is 0. The Morgan fingerprint density at radius 2 is 2.20 bits per heavy atom. The highest BCUT2D eigenvalue weighted by Crippen LogP contribution is 2.56. The average Bonchev–Trinajstić information content (AvgIpc) is 2.82. The van der Waals surface area contributed by atoms with E-state index in [1.807, 2.05) is 6.07 Å². The largest absolute Gasteiger partial charge is 0.380 e. The topological polar surface area (TPSA) is 18.5 Å². The van der Waals surface area contributed by atoms with Crippen LogP contribution in [0.2, 0.25) is 0 Å². The third kappa shape index (κ3) is 1.80. The van der Waals surface area contributed by atoms with Gasteiger partial charge in [-0.25, -0.2) is 0 Å². The Labute approximate surface area is 90.2 Å². The quantitative estimate of drug-likeness (QED) is 0.748. The molecule has 0 bridgehead atoms. The summed E-state index contributed by atoms with van der Waals surface area (Å²) in [6.45, 7) is 3.46. The van der Waals surface area contributed by atoms with Crippen molar-refractivity contribution in [2.24, 2.45) is 11.3 Å². The van der Waals surface area contributed by atoms with Gasteiger partial charge in [-0.15, -0.1) is 0 Å². The zero-order valence-corrected chi connectivity index (χ0v) is 8.82. The Morgan fingerprint density at radius 1 is 1.33 bits per heavy atom. The van der Waals surface area contributed by atoms with Crippen LogP contribution in [-0.4, -0.2) is 19.8 Å². The molecule has 2 aliphatic rings. The van der Waals surface area contributed by atoms with E-state index in [0.717, 1.165) is 32.3 Å². The van der Waals surface area contributed by atoms with Crippen molar-refractivity contribution in [3.05, 3.63) is 35.9 Å². The summed E-state index contributed by atoms with van der Waals surface area (Å²) >= 11 is 0. The fourth-order valence-corrected chi connectivity index (χ4v) is 2.41. The molecule has 15 heavy (non-hydrogen) atoms. The lowest BCUT2D eigenvalue weighted by molar-refractivity contribution is 0.0549. The molecule has 1 aliphatic carbocycles. The van der Waals surface area contributed by atoms with Gasteiger partial charge in [-0.3, -0.25) is 0 Å². The van der Waals surface area contributed by atoms with E-state index in [9.17, 15) is 0 Å². The minimum Gasteiger partial charge on any atom is -0.380 e. The van der Waals surface area contributed by atoms with Crippen LogP contribution in [0.3, 0.4) is 0 Å². The molecule has 1 aromatic carbocycles. The molecule has 2 heteroatoms. The van der Waals surface area contributed by atoms with E-state index in [-0.39, 0.29) is 0 Å². The van der Waals surface area contributed by atoms with Crippen molar-refractivity contribution in [1.82, 2.24) is 0 Å². The number of benzene rings is 1. The number of rotatable bonds is 4. The highest BCUT2D eigenvalue weighted by Gasteiger charge is 2.58. The van der Waals surface area contributed by atoms with Crippen molar-refractivity contribution >= 4 is 0 Å². The molecular formula is C13H16O2. The fourth-order valence-electron chi connectivity index (χ4n) is 2.41. The number of fused-ring (bicyclic) bond motifs is 1. The minimum absolute atomic E-state index is 0.398. The first-order valence-corrected chi connectivity index (χ1v) is 5.58. The first-order chi connectivity index (χ1) is 7.39. The van der Waals surface area contributed by atoms with E-state index in [2.05, 4.69) is 24.3 Å². The average molecular weight is 204 g/mol. The van der Waals surface area contributed by atoms with Crippen LogP contribution < -0.4 is 0 Å². The predicted octanol–water partition coefficient (Wildman–Crippen LogP) is 2.24. The third-order valence-corrected chi connectivity index (χ3v) is 3.57. The van der Waals surface area contributed by atoms with Crippen molar-refractivity contribution in [1.29, 1.82) is 0 Å². The maximum Gasteiger partial charge on any atom is 0.0717 e. The van der Waals surface area contributed by atoms with Crippen molar-refractivity contribution in [3.8, 4) is 0 Å². The second-order valence-electron chi connectivity index (χ2n) is 4.76. The summed E-state index contributed by atoms with van der Waals surface area (Å²) in [5.41, 5.74) is 1.65. The molecule has 3 rings (SSSR count). The Morgan fingerprint density at radius 3 is 2.87 bits per heavy atom. The molecule has 0 spiro atoms. The molecule has 80 valence electrons. The zero-order chi connectivity index (χ0) is 10.1. The molecule has 1 saturated carbocycles. The van der Waals surface area contributed by atoms with Crippen LogP contribution in [0.15, 0.2) is 30.3 Å². The smallest absolute Gasteiger partial charge is 0.0717 e. The van der Waals surface area contributed by atoms with Gasteiger partial charge in [-0.1, -0.05) is 30.3 Å². The fraction of sp³-hybridized carbons (Fsp3) is 0.538. The lowest BCUT2D eigenvalue weighted by atomic mass is 10.1. The predicted molar refractivity (Wildman–Crippen MR) is 57.5 cm³/mol. The van der Waals surface area contributed by atoms with Crippen molar-refractivity contribution < 1.29 is 9.47 Å².